The van der Waals surface area contributed by atoms with Crippen molar-refractivity contribution in [1.29, 1.82) is 0 Å². The SMILES string of the molecule is Cc1cc(C)c2cc(Cc3cc(-c4cc5c(=O)c(C(=O)O)c[nH]c5c5c(=O)c(C(=O)O)c[nH]c45)c4nc(C)cc(C)c4c3)ccc2n1. The van der Waals surface area contributed by atoms with Crippen LogP contribution in [0.5, 0.6) is 0 Å². The van der Waals surface area contributed by atoms with Crippen molar-refractivity contribution in [3.05, 3.63) is 126 Å². The number of hydrogen-bond donors (Lipinski definition) is 4. The highest BCUT2D eigenvalue weighted by atomic mass is 16.4. The van der Waals surface area contributed by atoms with Crippen LogP contribution in [0.25, 0.3) is 54.7 Å². The van der Waals surface area contributed by atoms with E-state index < -0.39 is 33.9 Å². The zero-order valence-electron chi connectivity index (χ0n) is 25.9. The number of H-pyrrole nitrogens is 2. The van der Waals surface area contributed by atoms with E-state index >= 15 is 0 Å². The van der Waals surface area contributed by atoms with Crippen LogP contribution in [-0.2, 0) is 6.42 Å². The Morgan fingerprint density at radius 2 is 1.28 bits per heavy atom. The number of carbonyl (C=O) groups is 2. The maximum absolute atomic E-state index is 13.7. The minimum absolute atomic E-state index is 0.0410. The Balaban J connectivity index is 1.57. The smallest absolute Gasteiger partial charge is 0.341 e. The molecule has 0 aliphatic rings. The van der Waals surface area contributed by atoms with Crippen molar-refractivity contribution in [2.45, 2.75) is 34.1 Å². The maximum atomic E-state index is 13.7. The lowest BCUT2D eigenvalue weighted by Crippen LogP contribution is -2.19. The molecule has 232 valence electrons. The molecule has 0 aliphatic heterocycles. The highest BCUT2D eigenvalue weighted by Gasteiger charge is 2.23. The van der Waals surface area contributed by atoms with Gasteiger partial charge in [-0.3, -0.25) is 19.6 Å². The zero-order chi connectivity index (χ0) is 33.3. The summed E-state index contributed by atoms with van der Waals surface area (Å²) in [6, 6.07) is 15.8. The number of hydrogen-bond acceptors (Lipinski definition) is 6. The number of carboxylic acid groups (broad SMARTS) is 2. The molecule has 10 nitrogen and oxygen atoms in total. The van der Waals surface area contributed by atoms with Crippen molar-refractivity contribution in [2.24, 2.45) is 0 Å². The monoisotopic (exact) mass is 624 g/mol. The minimum atomic E-state index is -1.44. The van der Waals surface area contributed by atoms with Crippen molar-refractivity contribution in [2.75, 3.05) is 0 Å². The molecule has 7 rings (SSSR count). The molecule has 0 spiro atoms. The van der Waals surface area contributed by atoms with Gasteiger partial charge in [-0.1, -0.05) is 6.07 Å². The first-order chi connectivity index (χ1) is 22.4. The van der Waals surface area contributed by atoms with Crippen molar-refractivity contribution < 1.29 is 19.8 Å². The maximum Gasteiger partial charge on any atom is 0.341 e. The van der Waals surface area contributed by atoms with Crippen LogP contribution in [-0.4, -0.2) is 42.1 Å². The Morgan fingerprint density at radius 3 is 1.98 bits per heavy atom. The summed E-state index contributed by atoms with van der Waals surface area (Å²) in [4.78, 5) is 66.4. The van der Waals surface area contributed by atoms with Gasteiger partial charge in [0.1, 0.15) is 11.1 Å². The van der Waals surface area contributed by atoms with E-state index in [4.69, 9.17) is 4.98 Å². The molecular formula is C37H28N4O6. The van der Waals surface area contributed by atoms with Crippen molar-refractivity contribution in [1.82, 2.24) is 19.9 Å². The predicted octanol–water partition coefficient (Wildman–Crippen LogP) is 6.35. The summed E-state index contributed by atoms with van der Waals surface area (Å²) >= 11 is 0. The molecule has 10 heteroatoms. The zero-order valence-corrected chi connectivity index (χ0v) is 25.9. The van der Waals surface area contributed by atoms with E-state index in [1.165, 1.54) is 0 Å². The fourth-order valence-electron chi connectivity index (χ4n) is 6.60. The van der Waals surface area contributed by atoms with Crippen LogP contribution >= 0.6 is 0 Å². The third-order valence-corrected chi connectivity index (χ3v) is 8.69. The number of carboxylic acids is 2. The van der Waals surface area contributed by atoms with Crippen LogP contribution < -0.4 is 10.9 Å². The molecule has 0 saturated heterocycles. The lowest BCUT2D eigenvalue weighted by Gasteiger charge is -2.16. The summed E-state index contributed by atoms with van der Waals surface area (Å²) in [5.41, 5.74) is 6.04. The molecule has 0 fully saturated rings. The van der Waals surface area contributed by atoms with E-state index in [1.807, 2.05) is 45.0 Å². The molecular weight excluding hydrogens is 596 g/mol. The van der Waals surface area contributed by atoms with E-state index in [2.05, 4.69) is 40.1 Å². The number of aryl methyl sites for hydroxylation is 4. The molecule has 47 heavy (non-hydrogen) atoms. The van der Waals surface area contributed by atoms with Crippen LogP contribution in [0.3, 0.4) is 0 Å². The average Bonchev–Trinajstić information content (AvgIpc) is 3.01. The number of pyridine rings is 4. The van der Waals surface area contributed by atoms with Crippen molar-refractivity contribution in [3.63, 3.8) is 0 Å². The lowest BCUT2D eigenvalue weighted by atomic mass is 9.91. The first-order valence-corrected chi connectivity index (χ1v) is 14.9. The van der Waals surface area contributed by atoms with Crippen molar-refractivity contribution >= 4 is 55.6 Å². The number of benzene rings is 3. The molecule has 0 atom stereocenters. The lowest BCUT2D eigenvalue weighted by molar-refractivity contribution is 0.0684. The van der Waals surface area contributed by atoms with Gasteiger partial charge in [0.15, 0.2) is 0 Å². The molecule has 0 amide bonds. The fraction of sp³-hybridized carbons (Fsp3) is 0.135. The Hall–Kier alpha value is -6.16. The Labute approximate surface area is 266 Å². The number of fused-ring (bicyclic) bond motifs is 5. The van der Waals surface area contributed by atoms with Crippen LogP contribution in [0.4, 0.5) is 0 Å². The van der Waals surface area contributed by atoms with Crippen LogP contribution in [0.1, 0.15) is 54.4 Å². The number of nitrogens with zero attached hydrogens (tertiary/aromatic N) is 2. The van der Waals surface area contributed by atoms with Gasteiger partial charge in [-0.05, 0) is 98.8 Å². The van der Waals surface area contributed by atoms with Gasteiger partial charge in [0.2, 0.25) is 10.9 Å². The molecule has 4 aromatic heterocycles. The van der Waals surface area contributed by atoms with Crippen LogP contribution in [0, 0.1) is 27.7 Å². The van der Waals surface area contributed by atoms with Gasteiger partial charge in [-0.2, -0.15) is 0 Å². The van der Waals surface area contributed by atoms with Crippen molar-refractivity contribution in [3.8, 4) is 11.1 Å². The van der Waals surface area contributed by atoms with E-state index in [0.29, 0.717) is 23.1 Å². The average molecular weight is 625 g/mol. The Bertz CT molecular complexity index is 2650. The molecule has 7 aromatic rings. The van der Waals surface area contributed by atoms with Gasteiger partial charge in [-0.15, -0.1) is 0 Å². The molecule has 0 unspecified atom stereocenters. The third-order valence-electron chi connectivity index (χ3n) is 8.69. The topological polar surface area (TPSA) is 166 Å². The van der Waals surface area contributed by atoms with Gasteiger partial charge < -0.3 is 20.2 Å². The Kier molecular flexibility index (Phi) is 6.75. The molecule has 3 aromatic carbocycles. The molecule has 0 saturated carbocycles. The van der Waals surface area contributed by atoms with Gasteiger partial charge in [0, 0.05) is 51.1 Å². The number of aromatic carboxylic acids is 2. The third kappa shape index (κ3) is 4.82. The summed E-state index contributed by atoms with van der Waals surface area (Å²) in [7, 11) is 0. The second kappa shape index (κ2) is 10.7. The molecule has 4 N–H and O–H groups in total. The molecule has 0 bridgehead atoms. The molecule has 0 aliphatic carbocycles. The summed E-state index contributed by atoms with van der Waals surface area (Å²) in [6.07, 6.45) is 2.70. The largest absolute Gasteiger partial charge is 0.477 e. The van der Waals surface area contributed by atoms with Gasteiger partial charge >= 0.3 is 11.9 Å². The summed E-state index contributed by atoms with van der Waals surface area (Å²) in [6.45, 7) is 7.89. The number of rotatable bonds is 5. The van der Waals surface area contributed by atoms with Crippen LogP contribution in [0.15, 0.2) is 70.5 Å². The number of aromatic amines is 2. The first kappa shape index (κ1) is 29.5. The standard InChI is InChI=1S/C37H28N4O6/c1-16-7-18(3)40-29-6-5-20(10-22(16)29)9-21-11-23-17(2)8-19(4)41-31(23)24(12-21)25-13-26-33(39-14-27(34(26)42)36(44)45)30-32(25)38-15-28(35(30)43)37(46)47/h5-8,10-15H,9H2,1-4H3,(H,38,43)(H,39,42)(H,44,45)(H,46,47). The fourth-order valence-corrected chi connectivity index (χ4v) is 6.60. The van der Waals surface area contributed by atoms with E-state index in [9.17, 15) is 29.4 Å². The molecule has 4 heterocycles. The van der Waals surface area contributed by atoms with Gasteiger partial charge in [-0.25, -0.2) is 9.59 Å². The van der Waals surface area contributed by atoms with Gasteiger partial charge in [0.25, 0.3) is 0 Å². The van der Waals surface area contributed by atoms with Gasteiger partial charge in [0.05, 0.1) is 27.5 Å². The summed E-state index contributed by atoms with van der Waals surface area (Å²) < 4.78 is 0. The Morgan fingerprint density at radius 1 is 0.660 bits per heavy atom. The normalized spacial score (nSPS) is 11.6. The summed E-state index contributed by atoms with van der Waals surface area (Å²) in [5.74, 6) is -2.87. The molecule has 0 radical (unpaired) electrons. The quantitative estimate of drug-likeness (QED) is 0.161. The van der Waals surface area contributed by atoms with E-state index in [1.54, 1.807) is 6.07 Å². The van der Waals surface area contributed by atoms with E-state index in [0.717, 1.165) is 62.3 Å². The first-order valence-electron chi connectivity index (χ1n) is 14.9. The summed E-state index contributed by atoms with van der Waals surface area (Å²) in [5, 5.41) is 21.2. The highest BCUT2D eigenvalue weighted by molar-refractivity contribution is 6.15. The number of nitrogens with one attached hydrogen (secondary N) is 2. The second-order valence-corrected chi connectivity index (χ2v) is 12.0. The second-order valence-electron chi connectivity index (χ2n) is 12.0. The minimum Gasteiger partial charge on any atom is -0.477 e. The highest BCUT2D eigenvalue weighted by Crippen LogP contribution is 2.37. The van der Waals surface area contributed by atoms with Crippen LogP contribution in [0.2, 0.25) is 0 Å². The predicted molar refractivity (Wildman–Crippen MR) is 181 cm³/mol. The van der Waals surface area contributed by atoms with E-state index in [-0.39, 0.29) is 21.8 Å². The number of aromatic nitrogens is 4.